The van der Waals surface area contributed by atoms with Crippen LogP contribution >= 0.6 is 0 Å². The molecule has 1 aliphatic rings. The van der Waals surface area contributed by atoms with Crippen LogP contribution in [0.15, 0.2) is 24.3 Å². The van der Waals surface area contributed by atoms with Gasteiger partial charge in [-0.05, 0) is 24.5 Å². The molecule has 1 aromatic rings. The van der Waals surface area contributed by atoms with Gasteiger partial charge in [-0.1, -0.05) is 18.2 Å². The van der Waals surface area contributed by atoms with E-state index in [-0.39, 0.29) is 6.61 Å². The van der Waals surface area contributed by atoms with Gasteiger partial charge in [-0.3, -0.25) is 4.18 Å². The van der Waals surface area contributed by atoms with E-state index in [1.807, 2.05) is 12.1 Å². The molecule has 0 aliphatic carbocycles. The van der Waals surface area contributed by atoms with Crippen molar-refractivity contribution in [3.8, 4) is 0 Å². The molecule has 0 fully saturated rings. The van der Waals surface area contributed by atoms with Crippen LogP contribution in [-0.4, -0.2) is 34.4 Å². The maximum atomic E-state index is 10.9. The van der Waals surface area contributed by atoms with Crippen LogP contribution in [-0.2, 0) is 20.7 Å². The van der Waals surface area contributed by atoms with Crippen LogP contribution in [0.4, 0.5) is 5.69 Å². The van der Waals surface area contributed by atoms with Crippen LogP contribution in [0.2, 0.25) is 0 Å². The second-order valence-corrected chi connectivity index (χ2v) is 5.89. The quantitative estimate of drug-likeness (QED) is 0.763. The average molecular weight is 255 g/mol. The zero-order valence-electron chi connectivity index (χ0n) is 9.93. The van der Waals surface area contributed by atoms with E-state index in [1.54, 1.807) is 0 Å². The molecule has 0 radical (unpaired) electrons. The maximum absolute atomic E-state index is 10.9. The molecule has 0 atom stereocenters. The van der Waals surface area contributed by atoms with Crippen molar-refractivity contribution in [2.24, 2.45) is 0 Å². The summed E-state index contributed by atoms with van der Waals surface area (Å²) < 4.78 is 26.5. The lowest BCUT2D eigenvalue weighted by Gasteiger charge is -2.30. The number of fused-ring (bicyclic) bond motifs is 1. The van der Waals surface area contributed by atoms with Gasteiger partial charge in [0, 0.05) is 18.8 Å². The summed E-state index contributed by atoms with van der Waals surface area (Å²) in [4.78, 5) is 2.18. The third-order valence-electron chi connectivity index (χ3n) is 2.87. The molecule has 0 N–H and O–H groups in total. The van der Waals surface area contributed by atoms with E-state index < -0.39 is 10.1 Å². The maximum Gasteiger partial charge on any atom is 0.264 e. The zero-order valence-corrected chi connectivity index (χ0v) is 10.7. The lowest BCUT2D eigenvalue weighted by molar-refractivity contribution is 0.326. The molecule has 2 rings (SSSR count). The third-order valence-corrected chi connectivity index (χ3v) is 3.46. The third kappa shape index (κ3) is 3.44. The van der Waals surface area contributed by atoms with Gasteiger partial charge in [-0.2, -0.15) is 8.42 Å². The molecule has 0 aromatic heterocycles. The van der Waals surface area contributed by atoms with Gasteiger partial charge < -0.3 is 4.90 Å². The van der Waals surface area contributed by atoms with E-state index in [9.17, 15) is 8.42 Å². The van der Waals surface area contributed by atoms with Crippen molar-refractivity contribution in [1.29, 1.82) is 0 Å². The van der Waals surface area contributed by atoms with Crippen LogP contribution in [0.25, 0.3) is 0 Å². The SMILES string of the molecule is CS(=O)(=O)OCCN1CCCc2ccccc21. The first-order valence-corrected chi connectivity index (χ1v) is 7.55. The van der Waals surface area contributed by atoms with E-state index >= 15 is 0 Å². The number of hydrogen-bond donors (Lipinski definition) is 0. The number of aryl methyl sites for hydroxylation is 1. The molecular formula is C12H17NO3S. The molecule has 5 heteroatoms. The van der Waals surface area contributed by atoms with Crippen molar-refractivity contribution in [2.45, 2.75) is 12.8 Å². The highest BCUT2D eigenvalue weighted by molar-refractivity contribution is 7.85. The van der Waals surface area contributed by atoms with E-state index in [2.05, 4.69) is 17.0 Å². The van der Waals surface area contributed by atoms with Gasteiger partial charge in [0.25, 0.3) is 10.1 Å². The Kier molecular flexibility index (Phi) is 3.69. The second-order valence-electron chi connectivity index (χ2n) is 4.25. The van der Waals surface area contributed by atoms with Gasteiger partial charge in [0.2, 0.25) is 0 Å². The Bertz CT molecular complexity index is 484. The van der Waals surface area contributed by atoms with Crippen molar-refractivity contribution < 1.29 is 12.6 Å². The Morgan fingerprint density at radius 3 is 2.88 bits per heavy atom. The average Bonchev–Trinajstić information content (AvgIpc) is 2.28. The van der Waals surface area contributed by atoms with Crippen LogP contribution < -0.4 is 4.90 Å². The highest BCUT2D eigenvalue weighted by atomic mass is 32.2. The van der Waals surface area contributed by atoms with Crippen molar-refractivity contribution in [3.05, 3.63) is 29.8 Å². The molecule has 0 unspecified atom stereocenters. The fourth-order valence-corrected chi connectivity index (χ4v) is 2.52. The highest BCUT2D eigenvalue weighted by Gasteiger charge is 2.16. The Hall–Kier alpha value is -1.07. The summed E-state index contributed by atoms with van der Waals surface area (Å²) in [5.41, 5.74) is 2.54. The monoisotopic (exact) mass is 255 g/mol. The first-order valence-electron chi connectivity index (χ1n) is 5.73. The van der Waals surface area contributed by atoms with Gasteiger partial charge in [0.15, 0.2) is 0 Å². The summed E-state index contributed by atoms with van der Waals surface area (Å²) in [6.45, 7) is 1.79. The van der Waals surface area contributed by atoms with Gasteiger partial charge in [-0.15, -0.1) is 0 Å². The Labute approximate surface area is 102 Å². The molecule has 1 aliphatic heterocycles. The Morgan fingerprint density at radius 2 is 2.12 bits per heavy atom. The fourth-order valence-electron chi connectivity index (χ4n) is 2.14. The van der Waals surface area contributed by atoms with E-state index in [0.717, 1.165) is 25.6 Å². The smallest absolute Gasteiger partial charge is 0.264 e. The minimum Gasteiger partial charge on any atom is -0.369 e. The minimum atomic E-state index is -3.33. The Morgan fingerprint density at radius 1 is 1.35 bits per heavy atom. The summed E-state index contributed by atoms with van der Waals surface area (Å²) in [7, 11) is -3.33. The van der Waals surface area contributed by atoms with Crippen molar-refractivity contribution in [1.82, 2.24) is 0 Å². The zero-order chi connectivity index (χ0) is 12.3. The molecule has 0 bridgehead atoms. The summed E-state index contributed by atoms with van der Waals surface area (Å²) in [5, 5.41) is 0. The van der Waals surface area contributed by atoms with Gasteiger partial charge in [0.1, 0.15) is 0 Å². The number of rotatable bonds is 4. The molecule has 0 saturated carbocycles. The fraction of sp³-hybridized carbons (Fsp3) is 0.500. The Balaban J connectivity index is 1.99. The largest absolute Gasteiger partial charge is 0.369 e. The van der Waals surface area contributed by atoms with E-state index in [0.29, 0.717) is 6.54 Å². The molecule has 4 nitrogen and oxygen atoms in total. The summed E-state index contributed by atoms with van der Waals surface area (Å²) >= 11 is 0. The van der Waals surface area contributed by atoms with Crippen LogP contribution in [0.3, 0.4) is 0 Å². The van der Waals surface area contributed by atoms with Crippen LogP contribution in [0.1, 0.15) is 12.0 Å². The van der Waals surface area contributed by atoms with Crippen molar-refractivity contribution in [2.75, 3.05) is 30.9 Å². The van der Waals surface area contributed by atoms with E-state index in [4.69, 9.17) is 4.18 Å². The van der Waals surface area contributed by atoms with E-state index in [1.165, 1.54) is 11.3 Å². The molecule has 1 aromatic carbocycles. The highest BCUT2D eigenvalue weighted by Crippen LogP contribution is 2.26. The molecule has 94 valence electrons. The molecule has 0 amide bonds. The lowest BCUT2D eigenvalue weighted by atomic mass is 10.0. The number of hydrogen-bond acceptors (Lipinski definition) is 4. The number of para-hydroxylation sites is 1. The molecule has 0 spiro atoms. The standard InChI is InChI=1S/C12H17NO3S/c1-17(14,15)16-10-9-13-8-4-6-11-5-2-3-7-12(11)13/h2-3,5,7H,4,6,8-10H2,1H3. The number of nitrogens with zero attached hydrogens (tertiary/aromatic N) is 1. The van der Waals surface area contributed by atoms with Gasteiger partial charge >= 0.3 is 0 Å². The summed E-state index contributed by atoms with van der Waals surface area (Å²) in [6, 6.07) is 8.25. The molecule has 17 heavy (non-hydrogen) atoms. The molecule has 1 heterocycles. The summed E-state index contributed by atoms with van der Waals surface area (Å²) in [6.07, 6.45) is 3.28. The lowest BCUT2D eigenvalue weighted by Crippen LogP contribution is -2.32. The van der Waals surface area contributed by atoms with Crippen molar-refractivity contribution >= 4 is 15.8 Å². The number of benzene rings is 1. The second kappa shape index (κ2) is 5.06. The molecular weight excluding hydrogens is 238 g/mol. The predicted molar refractivity (Wildman–Crippen MR) is 67.8 cm³/mol. The van der Waals surface area contributed by atoms with Gasteiger partial charge in [0.05, 0.1) is 12.9 Å². The van der Waals surface area contributed by atoms with Crippen LogP contribution in [0, 0.1) is 0 Å². The van der Waals surface area contributed by atoms with Gasteiger partial charge in [-0.25, -0.2) is 0 Å². The topological polar surface area (TPSA) is 46.6 Å². The van der Waals surface area contributed by atoms with Crippen LogP contribution in [0.5, 0.6) is 0 Å². The molecule has 0 saturated heterocycles. The first-order chi connectivity index (χ1) is 8.06. The summed E-state index contributed by atoms with van der Waals surface area (Å²) in [5.74, 6) is 0. The first kappa shape index (κ1) is 12.4. The minimum absolute atomic E-state index is 0.215. The van der Waals surface area contributed by atoms with Crippen molar-refractivity contribution in [3.63, 3.8) is 0 Å². The predicted octanol–water partition coefficient (Wildman–Crippen LogP) is 1.42. The number of anilines is 1. The normalized spacial score (nSPS) is 15.7.